The van der Waals surface area contributed by atoms with Crippen LogP contribution in [0.4, 0.5) is 4.39 Å². The third-order valence-corrected chi connectivity index (χ3v) is 3.28. The van der Waals surface area contributed by atoms with Crippen LogP contribution >= 0.6 is 0 Å². The molecule has 0 heterocycles. The number of nitrogens with zero attached hydrogens (tertiary/aromatic N) is 1. The number of esters is 1. The summed E-state index contributed by atoms with van der Waals surface area (Å²) in [5.41, 5.74) is 1.87. The Morgan fingerprint density at radius 1 is 1.42 bits per heavy atom. The summed E-state index contributed by atoms with van der Waals surface area (Å²) < 4.78 is 17.8. The lowest BCUT2D eigenvalue weighted by molar-refractivity contribution is -0.145. The first-order chi connectivity index (χ1) is 9.20. The minimum atomic E-state index is -0.248. The van der Waals surface area contributed by atoms with Gasteiger partial charge in [-0.2, -0.15) is 0 Å². The Bertz CT molecular complexity index is 468. The van der Waals surface area contributed by atoms with Crippen molar-refractivity contribution in [1.82, 2.24) is 0 Å². The Balaban J connectivity index is 2.01. The van der Waals surface area contributed by atoms with Crippen molar-refractivity contribution in [3.8, 4) is 0 Å². The van der Waals surface area contributed by atoms with Gasteiger partial charge in [0, 0.05) is 5.71 Å². The molecule has 1 atom stereocenters. The first-order valence-corrected chi connectivity index (χ1v) is 6.65. The van der Waals surface area contributed by atoms with Crippen molar-refractivity contribution in [3.05, 3.63) is 35.6 Å². The summed E-state index contributed by atoms with van der Waals surface area (Å²) in [6, 6.07) is 6.28. The summed E-state index contributed by atoms with van der Waals surface area (Å²) in [6.07, 6.45) is 2.65. The third kappa shape index (κ3) is 3.63. The van der Waals surface area contributed by atoms with Crippen LogP contribution in [0, 0.1) is 11.7 Å². The van der Waals surface area contributed by atoms with E-state index < -0.39 is 0 Å². The van der Waals surface area contributed by atoms with Gasteiger partial charge in [0.15, 0.2) is 0 Å². The maximum atomic E-state index is 12.8. The molecule has 2 rings (SSSR count). The summed E-state index contributed by atoms with van der Waals surface area (Å²) in [5.74, 6) is -0.597. The molecule has 1 aromatic carbocycles. The second kappa shape index (κ2) is 6.45. The highest BCUT2D eigenvalue weighted by Gasteiger charge is 2.30. The zero-order chi connectivity index (χ0) is 13.7. The smallest absolute Gasteiger partial charge is 0.314 e. The Hall–Kier alpha value is -1.71. The van der Waals surface area contributed by atoms with Crippen molar-refractivity contribution in [3.63, 3.8) is 0 Å². The lowest BCUT2D eigenvalue weighted by Gasteiger charge is -2.10. The van der Waals surface area contributed by atoms with Gasteiger partial charge in [-0.3, -0.25) is 9.79 Å². The van der Waals surface area contributed by atoms with Gasteiger partial charge in [-0.05, 0) is 43.9 Å². The van der Waals surface area contributed by atoms with Gasteiger partial charge in [-0.1, -0.05) is 12.1 Å². The normalized spacial score (nSPS) is 20.7. The molecule has 0 aliphatic heterocycles. The number of carbonyl (C=O) groups excluding carboxylic acids is 1. The Morgan fingerprint density at radius 3 is 2.84 bits per heavy atom. The van der Waals surface area contributed by atoms with Crippen molar-refractivity contribution in [2.45, 2.75) is 32.7 Å². The molecule has 1 fully saturated rings. The topological polar surface area (TPSA) is 38.7 Å². The summed E-state index contributed by atoms with van der Waals surface area (Å²) >= 11 is 0. The highest BCUT2D eigenvalue weighted by molar-refractivity contribution is 6.03. The molecular formula is C15H18FNO2. The van der Waals surface area contributed by atoms with Gasteiger partial charge in [0.05, 0.1) is 19.1 Å². The summed E-state index contributed by atoms with van der Waals surface area (Å²) in [7, 11) is 0. The summed E-state index contributed by atoms with van der Waals surface area (Å²) in [6.45, 7) is 2.70. The number of ether oxygens (including phenoxy) is 1. The summed E-state index contributed by atoms with van der Waals surface area (Å²) in [4.78, 5) is 16.3. The van der Waals surface area contributed by atoms with E-state index in [1.54, 1.807) is 12.1 Å². The van der Waals surface area contributed by atoms with Gasteiger partial charge in [0.1, 0.15) is 5.82 Å². The quantitative estimate of drug-likeness (QED) is 0.783. The minimum Gasteiger partial charge on any atom is -0.465 e. The molecule has 1 unspecified atom stereocenters. The molecule has 3 nitrogen and oxygen atoms in total. The number of rotatable bonds is 4. The number of benzene rings is 1. The van der Waals surface area contributed by atoms with E-state index in [0.29, 0.717) is 13.2 Å². The van der Waals surface area contributed by atoms with Crippen LogP contribution in [0.25, 0.3) is 0 Å². The standard InChI is InChI=1S/C15H18FNO2/c1-2-19-15(18)13-4-3-5-14(13)17-10-11-6-8-12(16)9-7-11/h6-9,13H,2-5,10H2,1H3. The molecule has 1 aromatic rings. The fourth-order valence-corrected chi connectivity index (χ4v) is 2.30. The van der Waals surface area contributed by atoms with E-state index in [1.165, 1.54) is 12.1 Å². The van der Waals surface area contributed by atoms with E-state index in [4.69, 9.17) is 4.74 Å². The molecule has 0 saturated heterocycles. The van der Waals surface area contributed by atoms with Gasteiger partial charge in [0.25, 0.3) is 0 Å². The molecule has 19 heavy (non-hydrogen) atoms. The van der Waals surface area contributed by atoms with E-state index >= 15 is 0 Å². The lowest BCUT2D eigenvalue weighted by Crippen LogP contribution is -2.21. The summed E-state index contributed by atoms with van der Waals surface area (Å²) in [5, 5.41) is 0. The molecule has 4 heteroatoms. The SMILES string of the molecule is CCOC(=O)C1CCCC1=NCc1ccc(F)cc1. The predicted octanol–water partition coefficient (Wildman–Crippen LogP) is 3.13. The van der Waals surface area contributed by atoms with Crippen LogP contribution in [-0.2, 0) is 16.1 Å². The number of hydrogen-bond acceptors (Lipinski definition) is 3. The van der Waals surface area contributed by atoms with Gasteiger partial charge in [-0.15, -0.1) is 0 Å². The second-order valence-electron chi connectivity index (χ2n) is 4.63. The van der Waals surface area contributed by atoms with Crippen molar-refractivity contribution in [1.29, 1.82) is 0 Å². The van der Waals surface area contributed by atoms with Crippen LogP contribution in [-0.4, -0.2) is 18.3 Å². The molecule has 0 spiro atoms. The Morgan fingerprint density at radius 2 is 2.16 bits per heavy atom. The molecule has 0 radical (unpaired) electrons. The molecule has 102 valence electrons. The number of carbonyl (C=O) groups is 1. The van der Waals surface area contributed by atoms with E-state index in [1.807, 2.05) is 6.92 Å². The number of halogens is 1. The molecule has 0 N–H and O–H groups in total. The highest BCUT2D eigenvalue weighted by Crippen LogP contribution is 2.24. The Labute approximate surface area is 112 Å². The first kappa shape index (κ1) is 13.7. The molecule has 0 amide bonds. The van der Waals surface area contributed by atoms with Crippen LogP contribution in [0.2, 0.25) is 0 Å². The van der Waals surface area contributed by atoms with E-state index in [-0.39, 0.29) is 17.7 Å². The molecule has 1 aliphatic rings. The van der Waals surface area contributed by atoms with Crippen LogP contribution in [0.5, 0.6) is 0 Å². The highest BCUT2D eigenvalue weighted by atomic mass is 19.1. The maximum absolute atomic E-state index is 12.8. The van der Waals surface area contributed by atoms with Gasteiger partial charge < -0.3 is 4.74 Å². The fraction of sp³-hybridized carbons (Fsp3) is 0.467. The van der Waals surface area contributed by atoms with E-state index in [0.717, 1.165) is 30.5 Å². The molecular weight excluding hydrogens is 245 g/mol. The maximum Gasteiger partial charge on any atom is 0.314 e. The minimum absolute atomic E-state index is 0.169. The van der Waals surface area contributed by atoms with E-state index in [2.05, 4.69) is 4.99 Å². The van der Waals surface area contributed by atoms with Crippen molar-refractivity contribution in [2.75, 3.05) is 6.61 Å². The van der Waals surface area contributed by atoms with Crippen molar-refractivity contribution >= 4 is 11.7 Å². The average Bonchev–Trinajstić information content (AvgIpc) is 2.87. The number of hydrogen-bond donors (Lipinski definition) is 0. The molecule has 1 saturated carbocycles. The second-order valence-corrected chi connectivity index (χ2v) is 4.63. The van der Waals surface area contributed by atoms with Gasteiger partial charge in [-0.25, -0.2) is 4.39 Å². The molecule has 1 aliphatic carbocycles. The zero-order valence-corrected chi connectivity index (χ0v) is 11.1. The number of aliphatic imine (C=N–C) groups is 1. The zero-order valence-electron chi connectivity index (χ0n) is 11.1. The van der Waals surface area contributed by atoms with Gasteiger partial charge in [0.2, 0.25) is 0 Å². The van der Waals surface area contributed by atoms with Gasteiger partial charge >= 0.3 is 5.97 Å². The molecule has 0 aromatic heterocycles. The fourth-order valence-electron chi connectivity index (χ4n) is 2.30. The van der Waals surface area contributed by atoms with Crippen molar-refractivity contribution in [2.24, 2.45) is 10.9 Å². The van der Waals surface area contributed by atoms with Crippen LogP contribution in [0.15, 0.2) is 29.3 Å². The average molecular weight is 263 g/mol. The van der Waals surface area contributed by atoms with E-state index in [9.17, 15) is 9.18 Å². The first-order valence-electron chi connectivity index (χ1n) is 6.65. The van der Waals surface area contributed by atoms with Crippen LogP contribution in [0.3, 0.4) is 0 Å². The lowest BCUT2D eigenvalue weighted by atomic mass is 10.1. The predicted molar refractivity (Wildman–Crippen MR) is 71.5 cm³/mol. The largest absolute Gasteiger partial charge is 0.465 e. The molecule has 0 bridgehead atoms. The monoisotopic (exact) mass is 263 g/mol. The van der Waals surface area contributed by atoms with Crippen LogP contribution in [0.1, 0.15) is 31.7 Å². The Kier molecular flexibility index (Phi) is 4.66. The van der Waals surface area contributed by atoms with Crippen LogP contribution < -0.4 is 0 Å². The third-order valence-electron chi connectivity index (χ3n) is 3.28. The van der Waals surface area contributed by atoms with Crippen molar-refractivity contribution < 1.29 is 13.9 Å².